The highest BCUT2D eigenvalue weighted by Gasteiger charge is 2.07. The van der Waals surface area contributed by atoms with Gasteiger partial charge in [-0.2, -0.15) is 0 Å². The molecular formula is C15H10ClNO2. The number of rotatable bonds is 0. The van der Waals surface area contributed by atoms with E-state index in [0.717, 1.165) is 5.56 Å². The number of H-pyrrole nitrogens is 1. The van der Waals surface area contributed by atoms with Gasteiger partial charge in [0.15, 0.2) is 5.43 Å². The molecular weight excluding hydrogens is 262 g/mol. The molecule has 0 radical (unpaired) electrons. The van der Waals surface area contributed by atoms with Crippen molar-refractivity contribution >= 4 is 33.3 Å². The van der Waals surface area contributed by atoms with Crippen LogP contribution < -0.4 is 11.0 Å². The first-order chi connectivity index (χ1) is 9.08. The van der Waals surface area contributed by atoms with E-state index in [0.29, 0.717) is 26.7 Å². The fraction of sp³-hybridized carbons (Fsp3) is 0.0667. The number of hydrogen-bond donors (Lipinski definition) is 1. The summed E-state index contributed by atoms with van der Waals surface area (Å²) < 4.78 is 0. The van der Waals surface area contributed by atoms with Gasteiger partial charge in [-0.3, -0.25) is 9.59 Å². The van der Waals surface area contributed by atoms with E-state index in [9.17, 15) is 9.59 Å². The summed E-state index contributed by atoms with van der Waals surface area (Å²) in [5.41, 5.74) is 0.815. The summed E-state index contributed by atoms with van der Waals surface area (Å²) in [7, 11) is 0. The molecule has 3 aromatic rings. The highest BCUT2D eigenvalue weighted by molar-refractivity contribution is 6.32. The first-order valence-corrected chi connectivity index (χ1v) is 6.21. The molecule has 3 nitrogen and oxygen atoms in total. The minimum absolute atomic E-state index is 0.163. The highest BCUT2D eigenvalue weighted by Crippen LogP contribution is 2.20. The molecule has 4 heteroatoms. The zero-order valence-corrected chi connectivity index (χ0v) is 10.9. The zero-order valence-electron chi connectivity index (χ0n) is 10.2. The van der Waals surface area contributed by atoms with E-state index in [2.05, 4.69) is 4.98 Å². The molecule has 2 aromatic carbocycles. The summed E-state index contributed by atoms with van der Waals surface area (Å²) >= 11 is 6.04. The topological polar surface area (TPSA) is 49.9 Å². The van der Waals surface area contributed by atoms with Crippen LogP contribution in [0.5, 0.6) is 0 Å². The maximum Gasteiger partial charge on any atom is 0.256 e. The molecule has 1 heterocycles. The van der Waals surface area contributed by atoms with Crippen LogP contribution in [-0.4, -0.2) is 4.98 Å². The van der Waals surface area contributed by atoms with Gasteiger partial charge in [-0.15, -0.1) is 0 Å². The van der Waals surface area contributed by atoms with E-state index >= 15 is 0 Å². The van der Waals surface area contributed by atoms with E-state index in [4.69, 9.17) is 11.6 Å². The van der Waals surface area contributed by atoms with Gasteiger partial charge in [0.1, 0.15) is 0 Å². The highest BCUT2D eigenvalue weighted by atomic mass is 35.5. The molecule has 0 unspecified atom stereocenters. The number of aromatic nitrogens is 1. The Hall–Kier alpha value is -2.13. The molecule has 3 rings (SSSR count). The minimum atomic E-state index is -0.289. The number of aryl methyl sites for hydroxylation is 1. The van der Waals surface area contributed by atoms with Crippen molar-refractivity contribution < 1.29 is 0 Å². The number of hydrogen-bond acceptors (Lipinski definition) is 2. The van der Waals surface area contributed by atoms with Crippen LogP contribution in [0.2, 0.25) is 5.02 Å². The van der Waals surface area contributed by atoms with Gasteiger partial charge in [-0.1, -0.05) is 29.8 Å². The normalized spacial score (nSPS) is 11.1. The van der Waals surface area contributed by atoms with Gasteiger partial charge in [-0.05, 0) is 30.7 Å². The van der Waals surface area contributed by atoms with Crippen molar-refractivity contribution in [2.24, 2.45) is 0 Å². The molecule has 0 fully saturated rings. The van der Waals surface area contributed by atoms with Gasteiger partial charge in [0.05, 0.1) is 10.9 Å². The molecule has 0 atom stereocenters. The van der Waals surface area contributed by atoms with Crippen LogP contribution in [0.15, 0.2) is 46.0 Å². The lowest BCUT2D eigenvalue weighted by atomic mass is 10.1. The van der Waals surface area contributed by atoms with Gasteiger partial charge >= 0.3 is 0 Å². The molecule has 1 N–H and O–H groups in total. The predicted molar refractivity (Wildman–Crippen MR) is 78.1 cm³/mol. The standard InChI is InChI=1S/C15H10ClNO2/c1-8-6-11-13(7-12(8)16)17-15(19)10-5-3-2-4-9(10)14(11)18/h2-7H,1H3,(H,17,19). The summed E-state index contributed by atoms with van der Waals surface area (Å²) in [4.78, 5) is 27.3. The number of fused-ring (bicyclic) bond motifs is 2. The summed E-state index contributed by atoms with van der Waals surface area (Å²) in [6.45, 7) is 1.83. The van der Waals surface area contributed by atoms with Crippen molar-refractivity contribution in [2.75, 3.05) is 0 Å². The van der Waals surface area contributed by atoms with E-state index < -0.39 is 0 Å². The Kier molecular flexibility index (Phi) is 2.64. The van der Waals surface area contributed by atoms with Gasteiger partial charge in [-0.25, -0.2) is 0 Å². The average molecular weight is 272 g/mol. The second kappa shape index (κ2) is 4.21. The molecule has 19 heavy (non-hydrogen) atoms. The SMILES string of the molecule is Cc1cc2c(=O)c3ccccc3c(=O)[nH]c2cc1Cl. The Morgan fingerprint density at radius 1 is 1.00 bits per heavy atom. The molecule has 0 saturated carbocycles. The Labute approximate surface area is 113 Å². The van der Waals surface area contributed by atoms with E-state index in [1.807, 2.05) is 6.92 Å². The average Bonchev–Trinajstić information content (AvgIpc) is 2.50. The maximum absolute atomic E-state index is 12.5. The predicted octanol–water partition coefficient (Wildman–Crippen LogP) is 3.00. The van der Waals surface area contributed by atoms with Crippen LogP contribution in [0.25, 0.3) is 21.7 Å². The molecule has 0 saturated heterocycles. The van der Waals surface area contributed by atoms with Crippen molar-refractivity contribution in [1.29, 1.82) is 0 Å². The summed E-state index contributed by atoms with van der Waals surface area (Å²) in [6, 6.07) is 10.1. The van der Waals surface area contributed by atoms with Gasteiger partial charge in [0.2, 0.25) is 0 Å². The molecule has 0 aliphatic heterocycles. The van der Waals surface area contributed by atoms with Crippen molar-refractivity contribution in [3.05, 3.63) is 67.6 Å². The Bertz CT molecular complexity index is 929. The van der Waals surface area contributed by atoms with E-state index in [-0.39, 0.29) is 11.0 Å². The summed E-state index contributed by atoms with van der Waals surface area (Å²) in [6.07, 6.45) is 0. The van der Waals surface area contributed by atoms with Gasteiger partial charge < -0.3 is 4.98 Å². The third-order valence-electron chi connectivity index (χ3n) is 3.21. The molecule has 0 aliphatic rings. The first kappa shape index (κ1) is 11.9. The number of halogens is 1. The largest absolute Gasteiger partial charge is 0.321 e. The lowest BCUT2D eigenvalue weighted by Crippen LogP contribution is -2.02. The third kappa shape index (κ3) is 1.83. The Morgan fingerprint density at radius 3 is 2.42 bits per heavy atom. The fourth-order valence-electron chi connectivity index (χ4n) is 2.19. The quantitative estimate of drug-likeness (QED) is 0.683. The van der Waals surface area contributed by atoms with Crippen LogP contribution in [0.3, 0.4) is 0 Å². The van der Waals surface area contributed by atoms with Crippen LogP contribution >= 0.6 is 11.6 Å². The van der Waals surface area contributed by atoms with Gasteiger partial charge in [0, 0.05) is 15.8 Å². The molecule has 1 aromatic heterocycles. The number of aromatic amines is 1. The van der Waals surface area contributed by atoms with Gasteiger partial charge in [0.25, 0.3) is 5.56 Å². The Morgan fingerprint density at radius 2 is 1.68 bits per heavy atom. The Balaban J connectivity index is 2.73. The third-order valence-corrected chi connectivity index (χ3v) is 3.62. The fourth-order valence-corrected chi connectivity index (χ4v) is 2.35. The molecule has 94 valence electrons. The second-order valence-corrected chi connectivity index (χ2v) is 4.88. The lowest BCUT2D eigenvalue weighted by Gasteiger charge is -1.98. The molecule has 0 amide bonds. The summed E-state index contributed by atoms with van der Waals surface area (Å²) in [5.74, 6) is 0. The first-order valence-electron chi connectivity index (χ1n) is 5.83. The molecule has 0 spiro atoms. The molecule has 0 bridgehead atoms. The summed E-state index contributed by atoms with van der Waals surface area (Å²) in [5, 5.41) is 1.80. The van der Waals surface area contributed by atoms with Crippen molar-refractivity contribution in [2.45, 2.75) is 6.92 Å². The second-order valence-electron chi connectivity index (χ2n) is 4.48. The monoisotopic (exact) mass is 271 g/mol. The van der Waals surface area contributed by atoms with Crippen molar-refractivity contribution in [1.82, 2.24) is 4.98 Å². The van der Waals surface area contributed by atoms with Crippen LogP contribution in [0, 0.1) is 6.92 Å². The van der Waals surface area contributed by atoms with Crippen molar-refractivity contribution in [3.8, 4) is 0 Å². The smallest absolute Gasteiger partial charge is 0.256 e. The van der Waals surface area contributed by atoms with Crippen LogP contribution in [-0.2, 0) is 0 Å². The zero-order chi connectivity index (χ0) is 13.6. The van der Waals surface area contributed by atoms with Crippen LogP contribution in [0.4, 0.5) is 0 Å². The maximum atomic E-state index is 12.5. The molecule has 0 aliphatic carbocycles. The lowest BCUT2D eigenvalue weighted by molar-refractivity contribution is 1.35. The van der Waals surface area contributed by atoms with Crippen molar-refractivity contribution in [3.63, 3.8) is 0 Å². The van der Waals surface area contributed by atoms with E-state index in [1.54, 1.807) is 36.4 Å². The van der Waals surface area contributed by atoms with E-state index in [1.165, 1.54) is 0 Å². The van der Waals surface area contributed by atoms with Crippen LogP contribution in [0.1, 0.15) is 5.56 Å². The number of benzene rings is 2. The number of nitrogens with one attached hydrogen (secondary N) is 1. The minimum Gasteiger partial charge on any atom is -0.321 e.